The molecular formula is C21H13N3O3S2. The zero-order valence-corrected chi connectivity index (χ0v) is 16.8. The molecule has 0 unspecified atom stereocenters. The Labute approximate surface area is 174 Å². The number of nitrogens with zero attached hydrogens (tertiary/aromatic N) is 3. The number of hydrogen-bond donors (Lipinski definition) is 0. The molecule has 0 aliphatic rings. The van der Waals surface area contributed by atoms with Crippen molar-refractivity contribution < 1.29 is 9.34 Å². The van der Waals surface area contributed by atoms with Gasteiger partial charge in [-0.05, 0) is 48.5 Å². The van der Waals surface area contributed by atoms with Gasteiger partial charge in [0.2, 0.25) is 0 Å². The molecule has 0 radical (unpaired) electrons. The lowest BCUT2D eigenvalue weighted by Crippen LogP contribution is -1.89. The Balaban J connectivity index is 1.61. The maximum absolute atomic E-state index is 11.0. The van der Waals surface area contributed by atoms with Crippen LogP contribution in [0.25, 0.3) is 27.6 Å². The number of nitro groups is 1. The van der Waals surface area contributed by atoms with Gasteiger partial charge in [-0.15, -0.1) is 11.3 Å². The summed E-state index contributed by atoms with van der Waals surface area (Å²) in [7, 11) is 0. The van der Waals surface area contributed by atoms with Crippen LogP contribution in [-0.2, 0) is 0 Å². The Morgan fingerprint density at radius 2 is 2.10 bits per heavy atom. The summed E-state index contributed by atoms with van der Waals surface area (Å²) in [5.74, 6) is 1.01. The number of furan rings is 1. The second-order valence-corrected chi connectivity index (χ2v) is 8.45. The van der Waals surface area contributed by atoms with Gasteiger partial charge in [-0.1, -0.05) is 18.2 Å². The van der Waals surface area contributed by atoms with Crippen molar-refractivity contribution in [3.05, 3.63) is 80.9 Å². The van der Waals surface area contributed by atoms with E-state index in [1.165, 1.54) is 35.2 Å². The highest BCUT2D eigenvalue weighted by atomic mass is 32.2. The van der Waals surface area contributed by atoms with E-state index in [0.717, 1.165) is 20.1 Å². The summed E-state index contributed by atoms with van der Waals surface area (Å²) >= 11 is 2.81. The smallest absolute Gasteiger partial charge is 0.270 e. The van der Waals surface area contributed by atoms with Crippen molar-refractivity contribution in [3.8, 4) is 17.4 Å². The summed E-state index contributed by atoms with van der Waals surface area (Å²) in [5, 5.41) is 20.6. The number of non-ortho nitro benzene ring substituents is 1. The number of thioether (sulfide) groups is 1. The van der Waals surface area contributed by atoms with Gasteiger partial charge in [0.05, 0.1) is 20.0 Å². The summed E-state index contributed by atoms with van der Waals surface area (Å²) in [6.07, 6.45) is 1.65. The summed E-state index contributed by atoms with van der Waals surface area (Å²) in [5.41, 5.74) is 2.42. The number of aromatic nitrogens is 1. The number of nitriles is 1. The first kappa shape index (κ1) is 18.9. The lowest BCUT2D eigenvalue weighted by atomic mass is 10.1. The van der Waals surface area contributed by atoms with Gasteiger partial charge >= 0.3 is 0 Å². The van der Waals surface area contributed by atoms with Crippen LogP contribution in [0.2, 0.25) is 0 Å². The van der Waals surface area contributed by atoms with Crippen molar-refractivity contribution in [1.82, 2.24) is 4.98 Å². The quantitative estimate of drug-likeness (QED) is 0.160. The number of rotatable bonds is 5. The lowest BCUT2D eigenvalue weighted by molar-refractivity contribution is -0.384. The van der Waals surface area contributed by atoms with Gasteiger partial charge in [0, 0.05) is 23.8 Å². The van der Waals surface area contributed by atoms with Crippen LogP contribution < -0.4 is 0 Å². The average Bonchev–Trinajstić information content (AvgIpc) is 3.34. The molecule has 0 saturated carbocycles. The molecule has 2 heterocycles. The van der Waals surface area contributed by atoms with E-state index in [9.17, 15) is 15.4 Å². The third kappa shape index (κ3) is 4.06. The zero-order valence-electron chi connectivity index (χ0n) is 15.2. The number of hydrogen-bond acceptors (Lipinski definition) is 7. The van der Waals surface area contributed by atoms with Crippen LogP contribution in [0.5, 0.6) is 0 Å². The Bertz CT molecular complexity index is 1260. The van der Waals surface area contributed by atoms with Gasteiger partial charge in [-0.25, -0.2) is 4.98 Å². The Hall–Kier alpha value is -3.41. The minimum absolute atomic E-state index is 0.00296. The molecule has 0 fully saturated rings. The molecule has 4 rings (SSSR count). The van der Waals surface area contributed by atoms with E-state index in [4.69, 9.17) is 4.42 Å². The minimum atomic E-state index is -0.435. The fourth-order valence-corrected chi connectivity index (χ4v) is 4.72. The molecule has 0 bridgehead atoms. The van der Waals surface area contributed by atoms with E-state index >= 15 is 0 Å². The maximum atomic E-state index is 11.0. The standard InChI is InChI=1S/C21H13N3O3S2/c1-13-6-7-14(24(25)26)10-17(13)19-9-8-15(27-19)11-16(12-22)28-21-23-18-4-2-3-5-20(18)29-21/h2-11H,1H3. The highest BCUT2D eigenvalue weighted by Crippen LogP contribution is 2.35. The summed E-state index contributed by atoms with van der Waals surface area (Å²) in [6.45, 7) is 1.86. The molecule has 0 amide bonds. The number of para-hydroxylation sites is 1. The molecule has 0 aliphatic carbocycles. The van der Waals surface area contributed by atoms with Crippen molar-refractivity contribution >= 4 is 45.1 Å². The fourth-order valence-electron chi connectivity index (χ4n) is 2.77. The largest absolute Gasteiger partial charge is 0.457 e. The van der Waals surface area contributed by atoms with Crippen LogP contribution >= 0.6 is 23.1 Å². The van der Waals surface area contributed by atoms with Gasteiger partial charge in [0.15, 0.2) is 4.34 Å². The van der Waals surface area contributed by atoms with Gasteiger partial charge in [0.25, 0.3) is 5.69 Å². The Kier molecular flexibility index (Phi) is 5.16. The van der Waals surface area contributed by atoms with E-state index in [1.54, 1.807) is 24.3 Å². The number of fused-ring (bicyclic) bond motifs is 1. The molecule has 2 aromatic carbocycles. The van der Waals surface area contributed by atoms with Crippen molar-refractivity contribution in [2.24, 2.45) is 0 Å². The molecule has 0 N–H and O–H groups in total. The van der Waals surface area contributed by atoms with Gasteiger partial charge in [-0.2, -0.15) is 5.26 Å². The molecule has 0 saturated heterocycles. The summed E-state index contributed by atoms with van der Waals surface area (Å²) in [6, 6.07) is 18.1. The van der Waals surface area contributed by atoms with Gasteiger partial charge in [-0.3, -0.25) is 10.1 Å². The number of thiazole rings is 1. The second-order valence-electron chi connectivity index (χ2n) is 6.13. The molecule has 2 aromatic heterocycles. The number of allylic oxidation sites excluding steroid dienone is 1. The Morgan fingerprint density at radius 1 is 1.28 bits per heavy atom. The minimum Gasteiger partial charge on any atom is -0.457 e. The van der Waals surface area contributed by atoms with Crippen LogP contribution in [-0.4, -0.2) is 9.91 Å². The highest BCUT2D eigenvalue weighted by molar-refractivity contribution is 8.05. The zero-order chi connectivity index (χ0) is 20.4. The molecular weight excluding hydrogens is 406 g/mol. The second kappa shape index (κ2) is 7.91. The van der Waals surface area contributed by atoms with Crippen molar-refractivity contribution in [2.75, 3.05) is 0 Å². The predicted octanol–water partition coefficient (Wildman–Crippen LogP) is 6.43. The van der Waals surface area contributed by atoms with Crippen molar-refractivity contribution in [2.45, 2.75) is 11.3 Å². The molecule has 0 atom stereocenters. The SMILES string of the molecule is Cc1ccc([N+](=O)[O-])cc1-c1ccc(C=C(C#N)Sc2nc3ccccc3s2)o1. The third-order valence-electron chi connectivity index (χ3n) is 4.18. The molecule has 8 heteroatoms. The van der Waals surface area contributed by atoms with Crippen LogP contribution in [0.3, 0.4) is 0 Å². The lowest BCUT2D eigenvalue weighted by Gasteiger charge is -2.02. The molecule has 0 spiro atoms. The van der Waals surface area contributed by atoms with Crippen LogP contribution in [0, 0.1) is 28.4 Å². The highest BCUT2D eigenvalue weighted by Gasteiger charge is 2.14. The van der Waals surface area contributed by atoms with Gasteiger partial charge in [0.1, 0.15) is 17.6 Å². The molecule has 4 aromatic rings. The first-order valence-corrected chi connectivity index (χ1v) is 10.2. The normalized spacial score (nSPS) is 11.5. The molecule has 29 heavy (non-hydrogen) atoms. The van der Waals surface area contributed by atoms with Crippen molar-refractivity contribution in [1.29, 1.82) is 5.26 Å². The van der Waals surface area contributed by atoms with E-state index in [2.05, 4.69) is 11.1 Å². The topological polar surface area (TPSA) is 93.0 Å². The first-order chi connectivity index (χ1) is 14.0. The third-order valence-corrected chi connectivity index (χ3v) is 6.21. The van der Waals surface area contributed by atoms with Crippen LogP contribution in [0.1, 0.15) is 11.3 Å². The first-order valence-electron chi connectivity index (χ1n) is 8.54. The number of benzene rings is 2. The monoisotopic (exact) mass is 419 g/mol. The summed E-state index contributed by atoms with van der Waals surface area (Å²) in [4.78, 5) is 15.6. The number of nitro benzene ring substituents is 1. The molecule has 142 valence electrons. The number of aryl methyl sites for hydroxylation is 1. The Morgan fingerprint density at radius 3 is 2.86 bits per heavy atom. The van der Waals surface area contributed by atoms with E-state index in [0.29, 0.717) is 22.0 Å². The van der Waals surface area contributed by atoms with Crippen LogP contribution in [0.15, 0.2) is 68.3 Å². The average molecular weight is 419 g/mol. The van der Waals surface area contributed by atoms with E-state index in [1.807, 2.05) is 31.2 Å². The predicted molar refractivity (Wildman–Crippen MR) is 115 cm³/mol. The van der Waals surface area contributed by atoms with E-state index in [-0.39, 0.29) is 5.69 Å². The molecule has 6 nitrogen and oxygen atoms in total. The summed E-state index contributed by atoms with van der Waals surface area (Å²) < 4.78 is 7.68. The van der Waals surface area contributed by atoms with Crippen molar-refractivity contribution in [3.63, 3.8) is 0 Å². The van der Waals surface area contributed by atoms with E-state index < -0.39 is 4.92 Å². The molecule has 0 aliphatic heterocycles. The van der Waals surface area contributed by atoms with Crippen LogP contribution in [0.4, 0.5) is 5.69 Å². The van der Waals surface area contributed by atoms with Gasteiger partial charge < -0.3 is 4.42 Å². The fraction of sp³-hybridized carbons (Fsp3) is 0.0476. The maximum Gasteiger partial charge on any atom is 0.270 e.